The molecule has 0 unspecified atom stereocenters. The van der Waals surface area contributed by atoms with Crippen molar-refractivity contribution in [2.75, 3.05) is 25.1 Å². The lowest BCUT2D eigenvalue weighted by Gasteiger charge is -2.22. The molecule has 142 valence electrons. The second-order valence-corrected chi connectivity index (χ2v) is 8.83. The maximum atomic E-state index is 12.3. The number of halogens is 1. The molecule has 1 aliphatic carbocycles. The number of nitrogens with one attached hydrogen (secondary N) is 2. The highest BCUT2D eigenvalue weighted by atomic mass is 35.5. The van der Waals surface area contributed by atoms with Gasteiger partial charge >= 0.3 is 0 Å². The van der Waals surface area contributed by atoms with Crippen molar-refractivity contribution >= 4 is 46.1 Å². The number of amides is 1. The van der Waals surface area contributed by atoms with E-state index in [-0.39, 0.29) is 18.3 Å². The Balaban J connectivity index is 0.00000196. The average molecular weight is 415 g/mol. The first-order valence-corrected chi connectivity index (χ1v) is 10.4. The van der Waals surface area contributed by atoms with Gasteiger partial charge < -0.3 is 10.1 Å². The number of hydrogen-bond donors (Lipinski definition) is 2. The van der Waals surface area contributed by atoms with Gasteiger partial charge in [-0.1, -0.05) is 11.3 Å². The molecule has 0 bridgehead atoms. The zero-order valence-electron chi connectivity index (χ0n) is 14.6. The molecule has 6 nitrogen and oxygen atoms in total. The lowest BCUT2D eigenvalue weighted by molar-refractivity contribution is 0.0662. The molecule has 26 heavy (non-hydrogen) atoms. The minimum Gasteiger partial charge on any atom is -0.381 e. The van der Waals surface area contributed by atoms with Crippen LogP contribution in [0.4, 0.5) is 5.13 Å². The zero-order chi connectivity index (χ0) is 17.2. The minimum absolute atomic E-state index is 0. The molecule has 2 fully saturated rings. The average Bonchev–Trinajstić information content (AvgIpc) is 3.02. The monoisotopic (exact) mass is 414 g/mol. The molecule has 1 saturated heterocycles. The van der Waals surface area contributed by atoms with E-state index in [1.807, 2.05) is 13.0 Å². The third-order valence-electron chi connectivity index (χ3n) is 4.82. The van der Waals surface area contributed by atoms with Gasteiger partial charge in [0.25, 0.3) is 5.91 Å². The normalized spacial score (nSPS) is 22.7. The van der Waals surface area contributed by atoms with Crippen LogP contribution in [0, 0.1) is 12.8 Å². The van der Waals surface area contributed by atoms with Crippen LogP contribution in [0.1, 0.15) is 45.4 Å². The summed E-state index contributed by atoms with van der Waals surface area (Å²) in [4.78, 5) is 13.0. The number of nitrogens with zero attached hydrogens (tertiary/aromatic N) is 2. The van der Waals surface area contributed by atoms with Gasteiger partial charge in [0.2, 0.25) is 5.13 Å². The molecule has 4 rings (SSSR count). The van der Waals surface area contributed by atoms with E-state index >= 15 is 0 Å². The molecule has 1 aliphatic heterocycles. The first-order chi connectivity index (χ1) is 12.2. The van der Waals surface area contributed by atoms with Crippen molar-refractivity contribution in [1.29, 1.82) is 0 Å². The van der Waals surface area contributed by atoms with Crippen molar-refractivity contribution in [2.45, 2.75) is 38.1 Å². The molecular formula is C17H23ClN4O2S2. The fourth-order valence-corrected chi connectivity index (χ4v) is 4.68. The first kappa shape index (κ1) is 19.7. The molecule has 0 spiro atoms. The van der Waals surface area contributed by atoms with Crippen molar-refractivity contribution in [2.24, 2.45) is 5.92 Å². The summed E-state index contributed by atoms with van der Waals surface area (Å²) in [6, 6.07) is 2.58. The highest BCUT2D eigenvalue weighted by molar-refractivity contribution is 7.15. The number of ether oxygens (including phenoxy) is 1. The van der Waals surface area contributed by atoms with Gasteiger partial charge in [-0.2, -0.15) is 0 Å². The molecular weight excluding hydrogens is 392 g/mol. The van der Waals surface area contributed by atoms with E-state index in [0.717, 1.165) is 54.8 Å². The fraction of sp³-hybridized carbons (Fsp3) is 0.588. The van der Waals surface area contributed by atoms with Crippen LogP contribution in [-0.4, -0.2) is 41.9 Å². The molecule has 2 atom stereocenters. The smallest absolute Gasteiger partial charge is 0.267 e. The lowest BCUT2D eigenvalue weighted by atomic mass is 10.0. The Kier molecular flexibility index (Phi) is 6.63. The Morgan fingerprint density at radius 2 is 2.15 bits per heavy atom. The quantitative estimate of drug-likeness (QED) is 0.757. The predicted molar refractivity (Wildman–Crippen MR) is 107 cm³/mol. The SMILES string of the molecule is Cc1nnc(NC(=O)c2cc([C@H]3C[C@@H]3NCC3CCOCC3)cs2)s1.Cl. The van der Waals surface area contributed by atoms with E-state index in [4.69, 9.17) is 4.74 Å². The number of aromatic nitrogens is 2. The maximum absolute atomic E-state index is 12.3. The van der Waals surface area contributed by atoms with Gasteiger partial charge in [-0.25, -0.2) is 0 Å². The Morgan fingerprint density at radius 3 is 2.88 bits per heavy atom. The largest absolute Gasteiger partial charge is 0.381 e. The topological polar surface area (TPSA) is 76.1 Å². The molecule has 9 heteroatoms. The number of hydrogen-bond acceptors (Lipinski definition) is 7. The number of thiophene rings is 1. The van der Waals surface area contributed by atoms with Crippen LogP contribution >= 0.6 is 35.1 Å². The van der Waals surface area contributed by atoms with Crippen LogP contribution in [0.5, 0.6) is 0 Å². The highest BCUT2D eigenvalue weighted by Gasteiger charge is 2.39. The van der Waals surface area contributed by atoms with Gasteiger partial charge in [-0.15, -0.1) is 33.9 Å². The summed E-state index contributed by atoms with van der Waals surface area (Å²) in [5.41, 5.74) is 1.27. The molecule has 2 N–H and O–H groups in total. The maximum Gasteiger partial charge on any atom is 0.267 e. The first-order valence-electron chi connectivity index (χ1n) is 8.70. The van der Waals surface area contributed by atoms with Crippen LogP contribution in [0.15, 0.2) is 11.4 Å². The molecule has 2 aliphatic rings. The van der Waals surface area contributed by atoms with E-state index in [9.17, 15) is 4.79 Å². The summed E-state index contributed by atoms with van der Waals surface area (Å²) in [5.74, 6) is 1.19. The van der Waals surface area contributed by atoms with Crippen molar-refractivity contribution < 1.29 is 9.53 Å². The highest BCUT2D eigenvalue weighted by Crippen LogP contribution is 2.42. The van der Waals surface area contributed by atoms with Crippen LogP contribution in [0.25, 0.3) is 0 Å². The summed E-state index contributed by atoms with van der Waals surface area (Å²) in [5, 5.41) is 17.9. The fourth-order valence-electron chi connectivity index (χ4n) is 3.23. The number of aryl methyl sites for hydroxylation is 1. The van der Waals surface area contributed by atoms with Crippen LogP contribution in [0.3, 0.4) is 0 Å². The van der Waals surface area contributed by atoms with E-state index in [0.29, 0.717) is 17.1 Å². The van der Waals surface area contributed by atoms with Crippen molar-refractivity contribution in [3.8, 4) is 0 Å². The second kappa shape index (κ2) is 8.75. The van der Waals surface area contributed by atoms with E-state index in [1.54, 1.807) is 0 Å². The number of carbonyl (C=O) groups excluding carboxylic acids is 1. The van der Waals surface area contributed by atoms with Gasteiger partial charge in [0.15, 0.2) is 0 Å². The van der Waals surface area contributed by atoms with E-state index in [2.05, 4.69) is 26.2 Å². The van der Waals surface area contributed by atoms with Gasteiger partial charge in [0.05, 0.1) is 4.88 Å². The third-order valence-corrected chi connectivity index (χ3v) is 6.52. The number of carbonyl (C=O) groups is 1. The predicted octanol–water partition coefficient (Wildman–Crippen LogP) is 3.45. The molecule has 3 heterocycles. The van der Waals surface area contributed by atoms with Crippen molar-refractivity contribution in [3.05, 3.63) is 26.9 Å². The van der Waals surface area contributed by atoms with Crippen molar-refractivity contribution in [1.82, 2.24) is 15.5 Å². The lowest BCUT2D eigenvalue weighted by Crippen LogP contribution is -2.29. The molecule has 1 saturated carbocycles. The summed E-state index contributed by atoms with van der Waals surface area (Å²) < 4.78 is 5.41. The van der Waals surface area contributed by atoms with Gasteiger partial charge in [-0.3, -0.25) is 10.1 Å². The zero-order valence-corrected chi connectivity index (χ0v) is 17.0. The summed E-state index contributed by atoms with van der Waals surface area (Å²) in [6.07, 6.45) is 3.49. The second-order valence-electron chi connectivity index (χ2n) is 6.74. The Labute approximate surface area is 167 Å². The molecule has 2 aromatic rings. The molecule has 2 aromatic heterocycles. The van der Waals surface area contributed by atoms with Crippen LogP contribution in [-0.2, 0) is 4.74 Å². The van der Waals surface area contributed by atoms with Crippen LogP contribution in [0.2, 0.25) is 0 Å². The van der Waals surface area contributed by atoms with Gasteiger partial charge in [-0.05, 0) is 55.7 Å². The summed E-state index contributed by atoms with van der Waals surface area (Å²) >= 11 is 2.89. The Morgan fingerprint density at radius 1 is 1.35 bits per heavy atom. The number of anilines is 1. The molecule has 0 radical (unpaired) electrons. The van der Waals surface area contributed by atoms with Crippen molar-refractivity contribution in [3.63, 3.8) is 0 Å². The Bertz CT molecular complexity index is 745. The van der Waals surface area contributed by atoms with E-state index < -0.39 is 0 Å². The van der Waals surface area contributed by atoms with E-state index in [1.165, 1.54) is 28.2 Å². The number of rotatable bonds is 6. The molecule has 0 aromatic carbocycles. The van der Waals surface area contributed by atoms with Gasteiger partial charge in [0.1, 0.15) is 5.01 Å². The summed E-state index contributed by atoms with van der Waals surface area (Å²) in [7, 11) is 0. The molecule has 1 amide bonds. The Hall–Kier alpha value is -1.06. The summed E-state index contributed by atoms with van der Waals surface area (Å²) in [6.45, 7) is 4.75. The van der Waals surface area contributed by atoms with Crippen LogP contribution < -0.4 is 10.6 Å². The standard InChI is InChI=1S/C17H22N4O2S2.ClH/c1-10-20-21-17(25-10)19-16(22)15-6-12(9-24-15)13-7-14(13)18-8-11-2-4-23-5-3-11;/h6,9,11,13-14,18H,2-5,7-8H2,1H3,(H,19,21,22);1H/t13-,14+;/m1./s1. The minimum atomic E-state index is -0.0974. The van der Waals surface area contributed by atoms with Gasteiger partial charge in [0, 0.05) is 25.2 Å². The third kappa shape index (κ3) is 4.80.